The maximum atomic E-state index is 11.4. The fourth-order valence-electron chi connectivity index (χ4n) is 1.57. The molecule has 1 unspecified atom stereocenters. The zero-order valence-corrected chi connectivity index (χ0v) is 8.91. The van der Waals surface area contributed by atoms with Crippen molar-refractivity contribution in [3.63, 3.8) is 0 Å². The van der Waals surface area contributed by atoms with Crippen LogP contribution < -0.4 is 0 Å². The average Bonchev–Trinajstić information content (AvgIpc) is 2.30. The molecule has 1 heterocycles. The van der Waals surface area contributed by atoms with Gasteiger partial charge in [-0.05, 0) is 5.56 Å². The van der Waals surface area contributed by atoms with Gasteiger partial charge >= 0.3 is 5.97 Å². The van der Waals surface area contributed by atoms with Crippen LogP contribution in [-0.2, 0) is 9.53 Å². The number of hydrogen-bond donors (Lipinski definition) is 0. The Balaban J connectivity index is 2.16. The highest BCUT2D eigenvalue weighted by Gasteiger charge is 2.23. The number of ether oxygens (including phenoxy) is 1. The molecule has 1 aromatic rings. The molecule has 0 saturated carbocycles. The van der Waals surface area contributed by atoms with Crippen LogP contribution in [0.25, 0.3) is 0 Å². The van der Waals surface area contributed by atoms with E-state index in [1.807, 2.05) is 36.4 Å². The van der Waals surface area contributed by atoms with Gasteiger partial charge in [0.25, 0.3) is 0 Å². The lowest BCUT2D eigenvalue weighted by molar-refractivity contribution is -0.145. The first-order chi connectivity index (χ1) is 7.31. The summed E-state index contributed by atoms with van der Waals surface area (Å²) in [5.41, 5.74) is 1.58. The summed E-state index contributed by atoms with van der Waals surface area (Å²) in [5.74, 6) is -0.0783. The van der Waals surface area contributed by atoms with E-state index in [4.69, 9.17) is 16.3 Å². The third-order valence-electron chi connectivity index (χ3n) is 2.41. The van der Waals surface area contributed by atoms with E-state index in [9.17, 15) is 4.79 Å². The monoisotopic (exact) mass is 222 g/mol. The Kier molecular flexibility index (Phi) is 3.07. The van der Waals surface area contributed by atoms with Gasteiger partial charge in [-0.3, -0.25) is 0 Å². The molecule has 0 saturated heterocycles. The Hall–Kier alpha value is -1.28. The molecule has 0 amide bonds. The summed E-state index contributed by atoms with van der Waals surface area (Å²) in [5, 5.41) is 0. The van der Waals surface area contributed by atoms with Crippen LogP contribution in [0.2, 0.25) is 0 Å². The summed E-state index contributed by atoms with van der Waals surface area (Å²) in [4.78, 5) is 11.4. The molecule has 0 fully saturated rings. The predicted molar refractivity (Wildman–Crippen MR) is 58.7 cm³/mol. The molecular formula is C12H11ClO2. The molecule has 15 heavy (non-hydrogen) atoms. The van der Waals surface area contributed by atoms with E-state index < -0.39 is 0 Å². The van der Waals surface area contributed by atoms with Crippen molar-refractivity contribution in [1.29, 1.82) is 0 Å². The second kappa shape index (κ2) is 4.49. The van der Waals surface area contributed by atoms with Crippen LogP contribution in [0.15, 0.2) is 42.0 Å². The fraction of sp³-hybridized carbons (Fsp3) is 0.250. The van der Waals surface area contributed by atoms with Crippen LogP contribution in [0.4, 0.5) is 0 Å². The minimum atomic E-state index is -0.301. The molecule has 78 valence electrons. The Morgan fingerprint density at radius 1 is 1.33 bits per heavy atom. The van der Waals surface area contributed by atoms with Gasteiger partial charge in [-0.1, -0.05) is 36.4 Å². The fourth-order valence-corrected chi connectivity index (χ4v) is 1.78. The molecule has 0 radical (unpaired) electrons. The summed E-state index contributed by atoms with van der Waals surface area (Å²) in [6.07, 6.45) is 2.40. The van der Waals surface area contributed by atoms with E-state index in [-0.39, 0.29) is 18.0 Å². The zero-order valence-electron chi connectivity index (χ0n) is 8.15. The molecule has 2 rings (SSSR count). The van der Waals surface area contributed by atoms with Crippen molar-refractivity contribution in [2.24, 2.45) is 0 Å². The summed E-state index contributed by atoms with van der Waals surface area (Å²) in [7, 11) is 0. The average molecular weight is 223 g/mol. The van der Waals surface area contributed by atoms with Crippen molar-refractivity contribution in [3.05, 3.63) is 47.5 Å². The van der Waals surface area contributed by atoms with Crippen LogP contribution in [0.1, 0.15) is 18.1 Å². The van der Waals surface area contributed by atoms with Gasteiger partial charge in [0, 0.05) is 12.0 Å². The van der Waals surface area contributed by atoms with Crippen LogP contribution in [0, 0.1) is 0 Å². The summed E-state index contributed by atoms with van der Waals surface area (Å²) < 4.78 is 5.28. The van der Waals surface area contributed by atoms with Crippen molar-refractivity contribution >= 4 is 17.6 Å². The highest BCUT2D eigenvalue weighted by molar-refractivity contribution is 6.22. The molecule has 0 aliphatic carbocycles. The van der Waals surface area contributed by atoms with Gasteiger partial charge in [0.15, 0.2) is 0 Å². The van der Waals surface area contributed by atoms with Crippen LogP contribution >= 0.6 is 11.6 Å². The van der Waals surface area contributed by atoms with Gasteiger partial charge in [-0.2, -0.15) is 0 Å². The van der Waals surface area contributed by atoms with Gasteiger partial charge in [0.05, 0.1) is 5.88 Å². The highest BCUT2D eigenvalue weighted by atomic mass is 35.5. The number of esters is 1. The first-order valence-electron chi connectivity index (χ1n) is 4.82. The Morgan fingerprint density at radius 3 is 2.67 bits per heavy atom. The van der Waals surface area contributed by atoms with Crippen molar-refractivity contribution in [3.8, 4) is 0 Å². The summed E-state index contributed by atoms with van der Waals surface area (Å²) in [6.45, 7) is 0. The number of benzene rings is 1. The van der Waals surface area contributed by atoms with Crippen molar-refractivity contribution < 1.29 is 9.53 Å². The molecule has 0 bridgehead atoms. The SMILES string of the molecule is O=C1OC(c2ccccc2)CC=C1CCl. The maximum absolute atomic E-state index is 11.4. The van der Waals surface area contributed by atoms with Gasteiger partial charge in [-0.25, -0.2) is 4.79 Å². The van der Waals surface area contributed by atoms with Gasteiger partial charge < -0.3 is 4.74 Å². The quantitative estimate of drug-likeness (QED) is 0.568. The smallest absolute Gasteiger partial charge is 0.335 e. The largest absolute Gasteiger partial charge is 0.454 e. The first kappa shape index (κ1) is 10.2. The van der Waals surface area contributed by atoms with Gasteiger partial charge in [0.2, 0.25) is 0 Å². The third kappa shape index (κ3) is 2.21. The van der Waals surface area contributed by atoms with Crippen LogP contribution in [0.5, 0.6) is 0 Å². The lowest BCUT2D eigenvalue weighted by Gasteiger charge is -2.21. The van der Waals surface area contributed by atoms with E-state index in [2.05, 4.69) is 0 Å². The topological polar surface area (TPSA) is 26.3 Å². The van der Waals surface area contributed by atoms with Gasteiger partial charge in [0.1, 0.15) is 6.10 Å². The van der Waals surface area contributed by atoms with E-state index in [1.165, 1.54) is 0 Å². The summed E-state index contributed by atoms with van der Waals surface area (Å²) >= 11 is 5.60. The number of hydrogen-bond acceptors (Lipinski definition) is 2. The Bertz CT molecular complexity index is 384. The number of carbonyl (C=O) groups excluding carboxylic acids is 1. The highest BCUT2D eigenvalue weighted by Crippen LogP contribution is 2.27. The molecule has 1 aliphatic rings. The predicted octanol–water partition coefficient (Wildman–Crippen LogP) is 2.84. The second-order valence-electron chi connectivity index (χ2n) is 3.40. The molecule has 0 N–H and O–H groups in total. The minimum Gasteiger partial charge on any atom is -0.454 e. The minimum absolute atomic E-state index is 0.161. The molecule has 1 atom stereocenters. The Labute approximate surface area is 93.5 Å². The molecule has 0 spiro atoms. The molecule has 1 aliphatic heterocycles. The normalized spacial score (nSPS) is 20.7. The maximum Gasteiger partial charge on any atom is 0.335 e. The molecule has 0 aromatic heterocycles. The number of halogens is 1. The molecular weight excluding hydrogens is 212 g/mol. The number of carbonyl (C=O) groups is 1. The van der Waals surface area contributed by atoms with E-state index >= 15 is 0 Å². The van der Waals surface area contributed by atoms with E-state index in [1.54, 1.807) is 0 Å². The van der Waals surface area contributed by atoms with Gasteiger partial charge in [-0.15, -0.1) is 11.6 Å². The lowest BCUT2D eigenvalue weighted by Crippen LogP contribution is -2.18. The number of cyclic esters (lactones) is 1. The van der Waals surface area contributed by atoms with Crippen molar-refractivity contribution in [1.82, 2.24) is 0 Å². The van der Waals surface area contributed by atoms with Crippen LogP contribution in [-0.4, -0.2) is 11.8 Å². The number of rotatable bonds is 2. The summed E-state index contributed by atoms with van der Waals surface area (Å²) in [6, 6.07) is 9.72. The standard InChI is InChI=1S/C12H11ClO2/c13-8-10-6-7-11(15-12(10)14)9-4-2-1-3-5-9/h1-6,11H,7-8H2. The third-order valence-corrected chi connectivity index (χ3v) is 2.69. The first-order valence-corrected chi connectivity index (χ1v) is 5.35. The Morgan fingerprint density at radius 2 is 2.07 bits per heavy atom. The van der Waals surface area contributed by atoms with Crippen LogP contribution in [0.3, 0.4) is 0 Å². The van der Waals surface area contributed by atoms with Crippen molar-refractivity contribution in [2.45, 2.75) is 12.5 Å². The number of alkyl halides is 1. The zero-order chi connectivity index (χ0) is 10.7. The molecule has 3 heteroatoms. The van der Waals surface area contributed by atoms with E-state index in [0.717, 1.165) is 5.56 Å². The molecule has 1 aromatic carbocycles. The second-order valence-corrected chi connectivity index (χ2v) is 3.67. The van der Waals surface area contributed by atoms with E-state index in [0.29, 0.717) is 12.0 Å². The molecule has 2 nitrogen and oxygen atoms in total. The van der Waals surface area contributed by atoms with Crippen molar-refractivity contribution in [2.75, 3.05) is 5.88 Å². The lowest BCUT2D eigenvalue weighted by atomic mass is 10.0.